The molecule has 15 heteroatoms. The number of benzene rings is 3. The molecule has 1 atom stereocenters. The van der Waals surface area contributed by atoms with E-state index in [0.717, 1.165) is 66.6 Å². The summed E-state index contributed by atoms with van der Waals surface area (Å²) in [5, 5.41) is 23.0. The molecule has 2 aliphatic rings. The van der Waals surface area contributed by atoms with Crippen molar-refractivity contribution in [3.05, 3.63) is 96.2 Å². The highest BCUT2D eigenvalue weighted by molar-refractivity contribution is 5.97. The summed E-state index contributed by atoms with van der Waals surface area (Å²) in [4.78, 5) is 51.9. The van der Waals surface area contributed by atoms with Gasteiger partial charge in [-0.05, 0) is 118 Å². The van der Waals surface area contributed by atoms with E-state index in [1.165, 1.54) is 6.42 Å². The Kier molecular flexibility index (Phi) is 13.6. The first-order valence-electron chi connectivity index (χ1n) is 20.9. The number of carbonyl (C=O) groups excluding carboxylic acids is 3. The zero-order chi connectivity index (χ0) is 41.9. The van der Waals surface area contributed by atoms with Crippen LogP contribution in [0, 0.1) is 11.8 Å². The Morgan fingerprint density at radius 2 is 1.58 bits per heavy atom. The number of aromatic amines is 1. The molecule has 5 aromatic rings. The van der Waals surface area contributed by atoms with E-state index in [1.54, 1.807) is 24.3 Å². The number of tetrazole rings is 1. The summed E-state index contributed by atoms with van der Waals surface area (Å²) in [6.45, 7) is 8.18. The number of H-pyrrole nitrogens is 1. The van der Waals surface area contributed by atoms with Crippen molar-refractivity contribution in [1.82, 2.24) is 41.2 Å². The van der Waals surface area contributed by atoms with E-state index in [-0.39, 0.29) is 30.1 Å². The SMILES string of the molecule is CC(C)(C)OC(=O)NCC1CCC(C(=O)NC(Cc2ccc(-c3cnc(N4CCCCC4)nc3OCc3ccccc3)cc2)C(=O)Nc2ccc(-c3nn[nH]n3)cc2)CC1. The highest BCUT2D eigenvalue weighted by atomic mass is 16.6. The van der Waals surface area contributed by atoms with Gasteiger partial charge in [-0.3, -0.25) is 9.59 Å². The van der Waals surface area contributed by atoms with Crippen LogP contribution in [-0.4, -0.2) is 79.8 Å². The molecule has 2 fully saturated rings. The summed E-state index contributed by atoms with van der Waals surface area (Å²) < 4.78 is 11.7. The summed E-state index contributed by atoms with van der Waals surface area (Å²) in [5.41, 5.74) is 4.27. The lowest BCUT2D eigenvalue weighted by atomic mass is 9.81. The Bertz CT molecular complexity index is 2160. The van der Waals surface area contributed by atoms with Crippen LogP contribution in [0.15, 0.2) is 85.1 Å². The van der Waals surface area contributed by atoms with E-state index in [0.29, 0.717) is 49.3 Å². The van der Waals surface area contributed by atoms with Crippen LogP contribution >= 0.6 is 0 Å². The molecule has 3 heterocycles. The van der Waals surface area contributed by atoms with E-state index in [2.05, 4.69) is 41.5 Å². The number of aromatic nitrogens is 6. The highest BCUT2D eigenvalue weighted by Gasteiger charge is 2.30. The summed E-state index contributed by atoms with van der Waals surface area (Å²) >= 11 is 0. The lowest BCUT2D eigenvalue weighted by molar-refractivity contribution is -0.130. The average molecular weight is 815 g/mol. The fourth-order valence-electron chi connectivity index (χ4n) is 7.58. The summed E-state index contributed by atoms with van der Waals surface area (Å²) in [6, 6.07) is 24.1. The van der Waals surface area contributed by atoms with E-state index in [4.69, 9.17) is 19.4 Å². The van der Waals surface area contributed by atoms with Gasteiger partial charge in [-0.15, -0.1) is 10.2 Å². The highest BCUT2D eigenvalue weighted by Crippen LogP contribution is 2.32. The fourth-order valence-corrected chi connectivity index (χ4v) is 7.58. The molecule has 1 saturated heterocycles. The van der Waals surface area contributed by atoms with Gasteiger partial charge in [0.2, 0.25) is 29.5 Å². The molecule has 15 nitrogen and oxygen atoms in total. The van der Waals surface area contributed by atoms with Gasteiger partial charge in [-0.2, -0.15) is 10.2 Å². The normalized spacial score (nSPS) is 17.3. The predicted octanol–water partition coefficient (Wildman–Crippen LogP) is 6.89. The smallest absolute Gasteiger partial charge is 0.407 e. The van der Waals surface area contributed by atoms with Crippen molar-refractivity contribution in [2.24, 2.45) is 11.8 Å². The summed E-state index contributed by atoms with van der Waals surface area (Å²) in [5.74, 6) is 1.10. The minimum absolute atomic E-state index is 0.163. The molecule has 3 aromatic carbocycles. The zero-order valence-electron chi connectivity index (χ0n) is 34.5. The van der Waals surface area contributed by atoms with Crippen LogP contribution in [0.4, 0.5) is 16.4 Å². The van der Waals surface area contributed by atoms with E-state index in [9.17, 15) is 14.4 Å². The fraction of sp³-hybridized carbons (Fsp3) is 0.422. The van der Waals surface area contributed by atoms with Crippen LogP contribution in [0.1, 0.15) is 76.8 Å². The largest absolute Gasteiger partial charge is 0.472 e. The molecule has 1 aliphatic carbocycles. The second kappa shape index (κ2) is 19.6. The Labute approximate surface area is 350 Å². The van der Waals surface area contributed by atoms with Gasteiger partial charge in [0.1, 0.15) is 18.2 Å². The number of alkyl carbamates (subject to hydrolysis) is 1. The van der Waals surface area contributed by atoms with Crippen LogP contribution in [0.2, 0.25) is 0 Å². The molecule has 2 aromatic heterocycles. The number of anilines is 2. The van der Waals surface area contributed by atoms with Crippen molar-refractivity contribution in [3.8, 4) is 28.4 Å². The molecule has 0 radical (unpaired) electrons. The minimum atomic E-state index is -0.858. The maximum atomic E-state index is 14.0. The van der Waals surface area contributed by atoms with Crippen molar-refractivity contribution in [1.29, 1.82) is 0 Å². The Balaban J connectivity index is 1.05. The number of rotatable bonds is 14. The van der Waals surface area contributed by atoms with E-state index < -0.39 is 17.7 Å². The molecular weight excluding hydrogens is 761 g/mol. The van der Waals surface area contributed by atoms with Crippen LogP contribution in [0.25, 0.3) is 22.5 Å². The Morgan fingerprint density at radius 3 is 2.27 bits per heavy atom. The Hall–Kier alpha value is -6.38. The number of hydrogen-bond donors (Lipinski definition) is 4. The third kappa shape index (κ3) is 11.6. The van der Waals surface area contributed by atoms with Crippen molar-refractivity contribution >= 4 is 29.5 Å². The first kappa shape index (κ1) is 41.8. The van der Waals surface area contributed by atoms with E-state index in [1.807, 2.05) is 81.6 Å². The van der Waals surface area contributed by atoms with Gasteiger partial charge in [0.15, 0.2) is 0 Å². The van der Waals surface area contributed by atoms with Gasteiger partial charge in [0.25, 0.3) is 0 Å². The molecule has 1 saturated carbocycles. The topological polar surface area (TPSA) is 189 Å². The number of carbonyl (C=O) groups is 3. The first-order chi connectivity index (χ1) is 29.1. The standard InChI is InChI=1S/C45H54N10O5/c1-45(2,3)60-44(58)47-27-31-14-18-35(19-15-31)40(56)49-38(41(57)48-36-22-20-34(21-23-36)39-51-53-54-52-39)26-30-12-16-33(17-13-30)37-28-46-43(55-24-8-5-9-25-55)50-42(37)59-29-32-10-6-4-7-11-32/h4,6-7,10-13,16-17,20-23,28,31,35,38H,5,8-9,14-15,18-19,24-27,29H2,1-3H3,(H,47,58)(H,48,57)(H,49,56)(H,51,52,53,54). The quantitative estimate of drug-likeness (QED) is 0.0914. The van der Waals surface area contributed by atoms with E-state index >= 15 is 0 Å². The molecule has 4 N–H and O–H groups in total. The van der Waals surface area contributed by atoms with Crippen molar-refractivity contribution in [3.63, 3.8) is 0 Å². The second-order valence-electron chi connectivity index (χ2n) is 16.6. The molecule has 314 valence electrons. The minimum Gasteiger partial charge on any atom is -0.472 e. The summed E-state index contributed by atoms with van der Waals surface area (Å²) in [6.07, 6.45) is 7.93. The molecule has 0 bridgehead atoms. The Morgan fingerprint density at radius 1 is 0.867 bits per heavy atom. The lowest BCUT2D eigenvalue weighted by Crippen LogP contribution is -2.48. The average Bonchev–Trinajstić information content (AvgIpc) is 3.81. The first-order valence-corrected chi connectivity index (χ1v) is 20.9. The van der Waals surface area contributed by atoms with Gasteiger partial charge in [0, 0.05) is 49.4 Å². The molecule has 1 aliphatic heterocycles. The van der Waals surface area contributed by atoms with Gasteiger partial charge in [-0.1, -0.05) is 54.6 Å². The van der Waals surface area contributed by atoms with Gasteiger partial charge < -0.3 is 30.3 Å². The maximum Gasteiger partial charge on any atom is 0.407 e. The van der Waals surface area contributed by atoms with Crippen LogP contribution in [-0.2, 0) is 27.4 Å². The van der Waals surface area contributed by atoms with Crippen molar-refractivity contribution in [2.45, 2.75) is 90.4 Å². The molecule has 3 amide bonds. The number of nitrogens with zero attached hydrogens (tertiary/aromatic N) is 6. The van der Waals surface area contributed by atoms with Crippen LogP contribution in [0.3, 0.4) is 0 Å². The number of piperidine rings is 1. The number of amides is 3. The van der Waals surface area contributed by atoms with Gasteiger partial charge in [-0.25, -0.2) is 9.78 Å². The predicted molar refractivity (Wildman–Crippen MR) is 228 cm³/mol. The second-order valence-corrected chi connectivity index (χ2v) is 16.6. The molecule has 7 rings (SSSR count). The monoisotopic (exact) mass is 814 g/mol. The molecule has 0 spiro atoms. The molecular formula is C45H54N10O5. The summed E-state index contributed by atoms with van der Waals surface area (Å²) in [7, 11) is 0. The number of nitrogens with one attached hydrogen (secondary N) is 4. The zero-order valence-corrected chi connectivity index (χ0v) is 34.5. The third-order valence-corrected chi connectivity index (χ3v) is 10.8. The lowest BCUT2D eigenvalue weighted by Gasteiger charge is -2.29. The van der Waals surface area contributed by atoms with Crippen molar-refractivity contribution in [2.75, 3.05) is 29.9 Å². The van der Waals surface area contributed by atoms with Crippen LogP contribution in [0.5, 0.6) is 5.88 Å². The van der Waals surface area contributed by atoms with Crippen LogP contribution < -0.4 is 25.6 Å². The molecule has 1 unspecified atom stereocenters. The number of ether oxygens (including phenoxy) is 2. The number of hydrogen-bond acceptors (Lipinski definition) is 11. The van der Waals surface area contributed by atoms with Gasteiger partial charge in [0.05, 0.1) is 5.56 Å². The van der Waals surface area contributed by atoms with Crippen molar-refractivity contribution < 1.29 is 23.9 Å². The maximum absolute atomic E-state index is 14.0. The third-order valence-electron chi connectivity index (χ3n) is 10.8. The molecule has 60 heavy (non-hydrogen) atoms. The van der Waals surface area contributed by atoms with Gasteiger partial charge >= 0.3 is 6.09 Å².